The summed E-state index contributed by atoms with van der Waals surface area (Å²) in [6, 6.07) is 6.26. The first kappa shape index (κ1) is 14.5. The summed E-state index contributed by atoms with van der Waals surface area (Å²) in [6.07, 6.45) is 0. The van der Waals surface area contributed by atoms with Crippen LogP contribution in [0, 0.1) is 6.92 Å². The smallest absolute Gasteiger partial charge is 0.0695 e. The van der Waals surface area contributed by atoms with Crippen LogP contribution in [0.1, 0.15) is 22.0 Å². The van der Waals surface area contributed by atoms with Gasteiger partial charge in [0.2, 0.25) is 0 Å². The summed E-state index contributed by atoms with van der Waals surface area (Å²) >= 11 is 15.2. The molecule has 2 aromatic rings. The fraction of sp³-hybridized carbons (Fsp3) is 0.231. The highest BCUT2D eigenvalue weighted by Crippen LogP contribution is 2.38. The predicted molar refractivity (Wildman–Crippen MR) is 86.8 cm³/mol. The lowest BCUT2D eigenvalue weighted by Crippen LogP contribution is -2.17. The fourth-order valence-electron chi connectivity index (χ4n) is 1.81. The summed E-state index contributed by atoms with van der Waals surface area (Å²) in [4.78, 5) is 1.15. The Morgan fingerprint density at radius 2 is 2.06 bits per heavy atom. The number of rotatable bonds is 3. The Kier molecular flexibility index (Phi) is 4.89. The second kappa shape index (κ2) is 6.06. The van der Waals surface area contributed by atoms with Gasteiger partial charge in [-0.05, 0) is 48.7 Å². The van der Waals surface area contributed by atoms with Gasteiger partial charge in [-0.15, -0.1) is 11.3 Å². The van der Waals surface area contributed by atoms with Crippen LogP contribution < -0.4 is 5.32 Å². The number of hydrogen-bond acceptors (Lipinski definition) is 2. The summed E-state index contributed by atoms with van der Waals surface area (Å²) in [5, 5.41) is 6.28. The van der Waals surface area contributed by atoms with E-state index in [-0.39, 0.29) is 6.04 Å². The molecule has 0 radical (unpaired) electrons. The maximum absolute atomic E-state index is 6.37. The van der Waals surface area contributed by atoms with Crippen LogP contribution in [0.25, 0.3) is 0 Å². The Labute approximate surface area is 133 Å². The van der Waals surface area contributed by atoms with Gasteiger partial charge in [0.15, 0.2) is 0 Å². The molecule has 0 saturated carbocycles. The zero-order chi connectivity index (χ0) is 13.3. The molecule has 0 aliphatic rings. The number of hydrogen-bond donors (Lipinski definition) is 1. The molecule has 1 N–H and O–H groups in total. The molecule has 5 heteroatoms. The van der Waals surface area contributed by atoms with Gasteiger partial charge in [-0.2, -0.15) is 0 Å². The summed E-state index contributed by atoms with van der Waals surface area (Å²) < 4.78 is 2.14. The molecule has 0 amide bonds. The van der Waals surface area contributed by atoms with Crippen molar-refractivity contribution in [2.75, 3.05) is 7.05 Å². The molecule has 0 aliphatic heterocycles. The minimum Gasteiger partial charge on any atom is -0.309 e. The molecule has 1 aromatic carbocycles. The molecule has 1 nitrogen and oxygen atoms in total. The lowest BCUT2D eigenvalue weighted by Gasteiger charge is -2.18. The Balaban J connectivity index is 2.51. The Morgan fingerprint density at radius 1 is 1.33 bits per heavy atom. The molecule has 1 unspecified atom stereocenters. The van der Waals surface area contributed by atoms with Gasteiger partial charge < -0.3 is 5.32 Å². The molecule has 0 saturated heterocycles. The molecule has 0 bridgehead atoms. The fourth-order valence-corrected chi connectivity index (χ4v) is 4.09. The first-order valence-corrected chi connectivity index (χ1v) is 8.24. The van der Waals surface area contributed by atoms with Gasteiger partial charge in [0, 0.05) is 13.8 Å². The van der Waals surface area contributed by atoms with E-state index in [0.29, 0.717) is 0 Å². The van der Waals surface area contributed by atoms with E-state index in [1.807, 2.05) is 26.1 Å². The highest BCUT2D eigenvalue weighted by Gasteiger charge is 2.20. The van der Waals surface area contributed by atoms with Crippen molar-refractivity contribution in [1.82, 2.24) is 5.32 Å². The third kappa shape index (κ3) is 2.83. The van der Waals surface area contributed by atoms with Gasteiger partial charge >= 0.3 is 0 Å². The molecule has 1 aromatic heterocycles. The van der Waals surface area contributed by atoms with Gasteiger partial charge in [0.25, 0.3) is 0 Å². The topological polar surface area (TPSA) is 12.0 Å². The van der Waals surface area contributed by atoms with Crippen LogP contribution in [0.5, 0.6) is 0 Å². The Bertz CT molecular complexity index is 568. The van der Waals surface area contributed by atoms with E-state index in [1.54, 1.807) is 11.3 Å². The predicted octanol–water partition coefficient (Wildman–Crippen LogP) is 5.54. The first-order valence-electron chi connectivity index (χ1n) is 5.40. The SMILES string of the molecule is CNC(c1cc(Br)ccc1Br)c1scc(C)c1Cl. The first-order chi connectivity index (χ1) is 8.54. The summed E-state index contributed by atoms with van der Waals surface area (Å²) in [6.45, 7) is 2.03. The van der Waals surface area contributed by atoms with E-state index in [9.17, 15) is 0 Å². The van der Waals surface area contributed by atoms with Crippen LogP contribution in [-0.2, 0) is 0 Å². The monoisotopic (exact) mass is 407 g/mol. The van der Waals surface area contributed by atoms with Crippen molar-refractivity contribution in [1.29, 1.82) is 0 Å². The van der Waals surface area contributed by atoms with Crippen LogP contribution in [0.3, 0.4) is 0 Å². The Hall–Kier alpha value is 0.130. The zero-order valence-electron chi connectivity index (χ0n) is 9.93. The zero-order valence-corrected chi connectivity index (χ0v) is 14.7. The average molecular weight is 410 g/mol. The van der Waals surface area contributed by atoms with Crippen LogP contribution in [0.2, 0.25) is 5.02 Å². The second-order valence-electron chi connectivity index (χ2n) is 3.98. The van der Waals surface area contributed by atoms with Crippen molar-refractivity contribution in [3.05, 3.63) is 53.6 Å². The van der Waals surface area contributed by atoms with Gasteiger partial charge in [-0.1, -0.05) is 43.5 Å². The summed E-state index contributed by atoms with van der Waals surface area (Å²) in [5.74, 6) is 0. The van der Waals surface area contributed by atoms with Crippen LogP contribution in [-0.4, -0.2) is 7.05 Å². The quantitative estimate of drug-likeness (QED) is 0.701. The highest BCUT2D eigenvalue weighted by atomic mass is 79.9. The molecule has 0 fully saturated rings. The van der Waals surface area contributed by atoms with Gasteiger partial charge in [0.1, 0.15) is 0 Å². The standard InChI is InChI=1S/C13H12Br2ClNS/c1-7-6-18-13(11(7)16)12(17-2)9-5-8(14)3-4-10(9)15/h3-6,12,17H,1-2H3. The van der Waals surface area contributed by atoms with Crippen molar-refractivity contribution < 1.29 is 0 Å². The van der Waals surface area contributed by atoms with Crippen LogP contribution in [0.4, 0.5) is 0 Å². The minimum atomic E-state index is 0.100. The maximum atomic E-state index is 6.37. The lowest BCUT2D eigenvalue weighted by atomic mass is 10.1. The largest absolute Gasteiger partial charge is 0.309 e. The Morgan fingerprint density at radius 3 is 2.61 bits per heavy atom. The lowest BCUT2D eigenvalue weighted by molar-refractivity contribution is 0.700. The minimum absolute atomic E-state index is 0.100. The number of aryl methyl sites for hydroxylation is 1. The third-order valence-electron chi connectivity index (χ3n) is 2.75. The molecule has 0 aliphatic carbocycles. The maximum Gasteiger partial charge on any atom is 0.0695 e. The number of nitrogens with one attached hydrogen (secondary N) is 1. The van der Waals surface area contributed by atoms with Crippen LogP contribution >= 0.6 is 54.8 Å². The van der Waals surface area contributed by atoms with E-state index in [2.05, 4.69) is 48.6 Å². The van der Waals surface area contributed by atoms with Gasteiger partial charge in [-0.3, -0.25) is 0 Å². The van der Waals surface area contributed by atoms with Crippen molar-refractivity contribution in [2.45, 2.75) is 13.0 Å². The third-order valence-corrected chi connectivity index (χ3v) is 5.74. The molecule has 2 rings (SSSR count). The molecule has 0 spiro atoms. The van der Waals surface area contributed by atoms with E-state index in [4.69, 9.17) is 11.6 Å². The average Bonchev–Trinajstić information content (AvgIpc) is 2.67. The highest BCUT2D eigenvalue weighted by molar-refractivity contribution is 9.11. The van der Waals surface area contributed by atoms with Crippen LogP contribution in [0.15, 0.2) is 32.5 Å². The van der Waals surface area contributed by atoms with E-state index >= 15 is 0 Å². The van der Waals surface area contributed by atoms with E-state index in [0.717, 1.165) is 24.4 Å². The van der Waals surface area contributed by atoms with Crippen molar-refractivity contribution >= 4 is 54.8 Å². The van der Waals surface area contributed by atoms with Gasteiger partial charge in [0.05, 0.1) is 11.1 Å². The molecular formula is C13H12Br2ClNS. The van der Waals surface area contributed by atoms with Gasteiger partial charge in [-0.25, -0.2) is 0 Å². The number of benzene rings is 1. The second-order valence-corrected chi connectivity index (χ2v) is 7.04. The van der Waals surface area contributed by atoms with E-state index < -0.39 is 0 Å². The van der Waals surface area contributed by atoms with Crippen molar-refractivity contribution in [2.24, 2.45) is 0 Å². The van der Waals surface area contributed by atoms with Crippen molar-refractivity contribution in [3.63, 3.8) is 0 Å². The molecule has 1 atom stereocenters. The summed E-state index contributed by atoms with van der Waals surface area (Å²) in [5.41, 5.74) is 2.30. The van der Waals surface area contributed by atoms with Crippen molar-refractivity contribution in [3.8, 4) is 0 Å². The molecular weight excluding hydrogens is 397 g/mol. The number of halogens is 3. The normalized spacial score (nSPS) is 12.7. The molecule has 1 heterocycles. The van der Waals surface area contributed by atoms with E-state index in [1.165, 1.54) is 5.56 Å². The molecule has 96 valence electrons. The summed E-state index contributed by atoms with van der Waals surface area (Å²) in [7, 11) is 1.95. The molecule has 18 heavy (non-hydrogen) atoms. The number of thiophene rings is 1.